The number of amides is 1. The largest absolute Gasteiger partial charge is 0.326 e. The molecule has 1 fully saturated rings. The SMILES string of the molecule is Cn1nnc(-c2ccc(NC(=O)CCN3C[C@H]4C[C@H](C3)c3cccc(=O)n3C4)cc2)n1. The molecule has 2 atom stereocenters. The van der Waals surface area contributed by atoms with Gasteiger partial charge in [-0.2, -0.15) is 4.80 Å². The first-order valence-corrected chi connectivity index (χ1v) is 10.6. The first-order valence-electron chi connectivity index (χ1n) is 10.6. The number of carbonyl (C=O) groups is 1. The highest BCUT2D eigenvalue weighted by Gasteiger charge is 2.34. The van der Waals surface area contributed by atoms with Gasteiger partial charge in [0.2, 0.25) is 11.7 Å². The maximum atomic E-state index is 12.5. The molecule has 2 bridgehead atoms. The van der Waals surface area contributed by atoms with Gasteiger partial charge in [-0.25, -0.2) is 0 Å². The monoisotopic (exact) mass is 419 g/mol. The zero-order chi connectivity index (χ0) is 21.4. The Morgan fingerprint density at radius 3 is 2.74 bits per heavy atom. The van der Waals surface area contributed by atoms with Gasteiger partial charge in [0.25, 0.3) is 5.56 Å². The van der Waals surface area contributed by atoms with Crippen molar-refractivity contribution in [3.8, 4) is 11.4 Å². The lowest BCUT2D eigenvalue weighted by atomic mass is 9.83. The summed E-state index contributed by atoms with van der Waals surface area (Å²) in [6.45, 7) is 3.33. The van der Waals surface area contributed by atoms with Crippen LogP contribution < -0.4 is 10.9 Å². The van der Waals surface area contributed by atoms with Crippen LogP contribution in [0.5, 0.6) is 0 Å². The number of nitrogens with zero attached hydrogens (tertiary/aromatic N) is 6. The van der Waals surface area contributed by atoms with Crippen LogP contribution >= 0.6 is 0 Å². The maximum Gasteiger partial charge on any atom is 0.250 e. The molecule has 9 nitrogen and oxygen atoms in total. The highest BCUT2D eigenvalue weighted by molar-refractivity contribution is 5.91. The van der Waals surface area contributed by atoms with Crippen LogP contribution in [-0.2, 0) is 18.4 Å². The van der Waals surface area contributed by atoms with E-state index in [4.69, 9.17) is 0 Å². The van der Waals surface area contributed by atoms with Crippen LogP contribution in [0.4, 0.5) is 5.69 Å². The van der Waals surface area contributed by atoms with Gasteiger partial charge in [0.15, 0.2) is 0 Å². The van der Waals surface area contributed by atoms with E-state index in [1.54, 1.807) is 13.1 Å². The van der Waals surface area contributed by atoms with Crippen LogP contribution in [-0.4, -0.2) is 55.2 Å². The second-order valence-electron chi connectivity index (χ2n) is 8.44. The number of pyridine rings is 1. The third-order valence-corrected chi connectivity index (χ3v) is 6.15. The molecule has 2 aliphatic heterocycles. The van der Waals surface area contributed by atoms with Gasteiger partial charge < -0.3 is 14.8 Å². The molecular weight excluding hydrogens is 394 g/mol. The van der Waals surface area contributed by atoms with E-state index in [2.05, 4.69) is 31.7 Å². The van der Waals surface area contributed by atoms with Crippen LogP contribution in [0.3, 0.4) is 0 Å². The van der Waals surface area contributed by atoms with Crippen molar-refractivity contribution in [2.75, 3.05) is 25.0 Å². The zero-order valence-corrected chi connectivity index (χ0v) is 17.4. The summed E-state index contributed by atoms with van der Waals surface area (Å²) in [5.41, 5.74) is 2.84. The Kier molecular flexibility index (Phi) is 5.11. The highest BCUT2D eigenvalue weighted by Crippen LogP contribution is 2.34. The number of fused-ring (bicyclic) bond motifs is 4. The summed E-state index contributed by atoms with van der Waals surface area (Å²) in [5, 5.41) is 15.0. The van der Waals surface area contributed by atoms with Gasteiger partial charge in [-0.1, -0.05) is 6.07 Å². The van der Waals surface area contributed by atoms with Crippen LogP contribution in [0.25, 0.3) is 11.4 Å². The fourth-order valence-corrected chi connectivity index (χ4v) is 4.76. The fraction of sp³-hybridized carbons (Fsp3) is 0.409. The van der Waals surface area contributed by atoms with Crippen molar-refractivity contribution in [3.63, 3.8) is 0 Å². The normalized spacial score (nSPS) is 20.3. The predicted octanol–water partition coefficient (Wildman–Crippen LogP) is 1.49. The Morgan fingerprint density at radius 2 is 1.97 bits per heavy atom. The predicted molar refractivity (Wildman–Crippen MR) is 115 cm³/mol. The van der Waals surface area contributed by atoms with E-state index < -0.39 is 0 Å². The molecule has 1 N–H and O–H groups in total. The molecule has 5 rings (SSSR count). The molecule has 160 valence electrons. The first-order chi connectivity index (χ1) is 15.0. The Balaban J connectivity index is 1.16. The van der Waals surface area contributed by atoms with E-state index in [0.29, 0.717) is 24.1 Å². The molecule has 2 aromatic heterocycles. The van der Waals surface area contributed by atoms with E-state index in [0.717, 1.165) is 49.5 Å². The number of hydrogen-bond acceptors (Lipinski definition) is 6. The van der Waals surface area contributed by atoms with E-state index in [1.165, 1.54) is 4.80 Å². The molecule has 0 aliphatic carbocycles. The highest BCUT2D eigenvalue weighted by atomic mass is 16.1. The number of piperidine rings is 1. The quantitative estimate of drug-likeness (QED) is 0.673. The number of hydrogen-bond donors (Lipinski definition) is 1. The smallest absolute Gasteiger partial charge is 0.250 e. The number of benzene rings is 1. The summed E-state index contributed by atoms with van der Waals surface area (Å²) in [5.74, 6) is 1.39. The standard InChI is InChI=1S/C22H25N7O2/c1-27-25-22(24-26-27)16-5-7-18(8-6-16)23-20(30)9-10-28-12-15-11-17(14-28)19-3-2-4-21(31)29(19)13-15/h2-8,15,17H,9-14H2,1H3,(H,23,30)/t15-,17-/m1/s1. The average molecular weight is 419 g/mol. The summed E-state index contributed by atoms with van der Waals surface area (Å²) < 4.78 is 1.93. The second-order valence-corrected chi connectivity index (χ2v) is 8.44. The van der Waals surface area contributed by atoms with E-state index in [-0.39, 0.29) is 11.5 Å². The summed E-state index contributed by atoms with van der Waals surface area (Å²) in [7, 11) is 1.72. The van der Waals surface area contributed by atoms with E-state index >= 15 is 0 Å². The van der Waals surface area contributed by atoms with Crippen LogP contribution in [0.1, 0.15) is 24.5 Å². The van der Waals surface area contributed by atoms with Gasteiger partial charge in [-0.05, 0) is 47.9 Å². The molecule has 1 aromatic carbocycles. The number of aromatic nitrogens is 5. The molecule has 0 radical (unpaired) electrons. The Labute approximate surface area is 179 Å². The Morgan fingerprint density at radius 1 is 1.13 bits per heavy atom. The molecule has 9 heteroatoms. The molecule has 0 unspecified atom stereocenters. The number of rotatable bonds is 5. The first kappa shape index (κ1) is 19.6. The topological polar surface area (TPSA) is 97.9 Å². The summed E-state index contributed by atoms with van der Waals surface area (Å²) in [4.78, 5) is 28.4. The van der Waals surface area contributed by atoms with Crippen molar-refractivity contribution in [1.82, 2.24) is 29.7 Å². The molecule has 4 heterocycles. The van der Waals surface area contributed by atoms with Gasteiger partial charge >= 0.3 is 0 Å². The van der Waals surface area contributed by atoms with Gasteiger partial charge in [-0.3, -0.25) is 9.59 Å². The molecule has 1 amide bonds. The number of anilines is 1. The third-order valence-electron chi connectivity index (χ3n) is 6.15. The van der Waals surface area contributed by atoms with Crippen molar-refractivity contribution in [2.24, 2.45) is 13.0 Å². The minimum atomic E-state index is -0.00210. The number of tetrazole rings is 1. The Hall–Kier alpha value is -3.33. The third kappa shape index (κ3) is 4.13. The maximum absolute atomic E-state index is 12.5. The Bertz CT molecular complexity index is 1150. The van der Waals surface area contributed by atoms with Gasteiger partial charge in [-0.15, -0.1) is 10.2 Å². The molecule has 31 heavy (non-hydrogen) atoms. The number of aryl methyl sites for hydroxylation is 1. The van der Waals surface area contributed by atoms with Crippen molar-refractivity contribution < 1.29 is 4.79 Å². The van der Waals surface area contributed by atoms with Crippen LogP contribution in [0.2, 0.25) is 0 Å². The van der Waals surface area contributed by atoms with Crippen LogP contribution in [0, 0.1) is 5.92 Å². The second kappa shape index (κ2) is 8.07. The van der Waals surface area contributed by atoms with Gasteiger partial charge in [0.1, 0.15) is 0 Å². The molecule has 0 spiro atoms. The van der Waals surface area contributed by atoms with Crippen molar-refractivity contribution in [1.29, 1.82) is 0 Å². The molecule has 2 aliphatic rings. The van der Waals surface area contributed by atoms with Crippen molar-refractivity contribution in [3.05, 3.63) is 58.5 Å². The minimum absolute atomic E-state index is 0.00210. The number of likely N-dealkylation sites (tertiary alicyclic amines) is 1. The van der Waals surface area contributed by atoms with E-state index in [9.17, 15) is 9.59 Å². The van der Waals surface area contributed by atoms with Gasteiger partial charge in [0, 0.05) is 61.5 Å². The molecule has 0 saturated carbocycles. The lowest BCUT2D eigenvalue weighted by Crippen LogP contribution is -2.47. The van der Waals surface area contributed by atoms with Crippen molar-refractivity contribution in [2.45, 2.75) is 25.3 Å². The number of carbonyl (C=O) groups excluding carboxylic acids is 1. The summed E-state index contributed by atoms with van der Waals surface area (Å²) in [6, 6.07) is 13.0. The summed E-state index contributed by atoms with van der Waals surface area (Å²) in [6.07, 6.45) is 1.56. The lowest BCUT2D eigenvalue weighted by Gasteiger charge is -2.42. The van der Waals surface area contributed by atoms with Gasteiger partial charge in [0.05, 0.1) is 7.05 Å². The minimum Gasteiger partial charge on any atom is -0.326 e. The molecule has 1 saturated heterocycles. The zero-order valence-electron chi connectivity index (χ0n) is 17.4. The molecule has 3 aromatic rings. The van der Waals surface area contributed by atoms with Crippen LogP contribution in [0.15, 0.2) is 47.3 Å². The van der Waals surface area contributed by atoms with Crippen molar-refractivity contribution >= 4 is 11.6 Å². The average Bonchev–Trinajstić information content (AvgIpc) is 3.20. The molecular formula is C22H25N7O2. The summed E-state index contributed by atoms with van der Waals surface area (Å²) >= 11 is 0. The fourth-order valence-electron chi connectivity index (χ4n) is 4.76. The lowest BCUT2D eigenvalue weighted by molar-refractivity contribution is -0.116. The van der Waals surface area contributed by atoms with E-state index in [1.807, 2.05) is 34.9 Å². The number of nitrogens with one attached hydrogen (secondary N) is 1.